The Kier molecular flexibility index (Phi) is 11.4. The Balaban J connectivity index is 1.29. The van der Waals surface area contributed by atoms with Crippen molar-refractivity contribution in [3.05, 3.63) is 83.6 Å². The first-order valence-electron chi connectivity index (χ1n) is 15.4. The van der Waals surface area contributed by atoms with E-state index in [0.29, 0.717) is 24.0 Å². The van der Waals surface area contributed by atoms with Gasteiger partial charge < -0.3 is 21.5 Å². The van der Waals surface area contributed by atoms with Crippen LogP contribution in [0.3, 0.4) is 0 Å². The summed E-state index contributed by atoms with van der Waals surface area (Å²) in [4.78, 5) is 31.1. The van der Waals surface area contributed by atoms with E-state index in [1.54, 1.807) is 36.4 Å². The summed E-state index contributed by atoms with van der Waals surface area (Å²) in [5, 5.41) is 21.7. The normalized spacial score (nSPS) is 17.2. The highest BCUT2D eigenvalue weighted by molar-refractivity contribution is 7.89. The Morgan fingerprint density at radius 1 is 0.936 bits per heavy atom. The number of aromatic amines is 1. The molecule has 0 radical (unpaired) electrons. The Hall–Kier alpha value is -4.14. The number of carbonyl (C=O) groups is 2. The lowest BCUT2D eigenvalue weighted by Gasteiger charge is -2.28. The number of H-pyrrole nitrogens is 1. The number of sulfonamides is 1. The average Bonchev–Trinajstić information content (AvgIpc) is 3.53. The number of benzene rings is 3. The topological polar surface area (TPSA) is 192 Å². The monoisotopic (exact) mass is 679 g/mol. The molecule has 1 fully saturated rings. The number of rotatable bonds is 13. The number of nitrogens with two attached hydrogens (primary N) is 1. The first-order valence-corrected chi connectivity index (χ1v) is 17.3. The number of aliphatic hydroxyl groups is 1. The predicted octanol–water partition coefficient (Wildman–Crippen LogP) is 3.49. The third kappa shape index (κ3) is 9.02. The second-order valence-electron chi connectivity index (χ2n) is 11.6. The minimum atomic E-state index is -3.71. The number of amides is 2. The van der Waals surface area contributed by atoms with Gasteiger partial charge in [0.25, 0.3) is 0 Å². The van der Waals surface area contributed by atoms with Crippen molar-refractivity contribution in [2.24, 2.45) is 17.6 Å². The molecule has 1 atom stereocenters. The van der Waals surface area contributed by atoms with E-state index in [1.807, 2.05) is 24.3 Å². The number of hydrogen-bond acceptors (Lipinski definition) is 8. The van der Waals surface area contributed by atoms with Crippen molar-refractivity contribution >= 4 is 39.1 Å². The van der Waals surface area contributed by atoms with Crippen molar-refractivity contribution < 1.29 is 23.1 Å². The van der Waals surface area contributed by atoms with Crippen LogP contribution in [0.15, 0.2) is 77.7 Å². The zero-order valence-electron chi connectivity index (χ0n) is 25.7. The lowest BCUT2D eigenvalue weighted by molar-refractivity contribution is -0.130. The van der Waals surface area contributed by atoms with Crippen molar-refractivity contribution in [1.29, 1.82) is 0 Å². The lowest BCUT2D eigenvalue weighted by Crippen LogP contribution is -2.48. The summed E-state index contributed by atoms with van der Waals surface area (Å²) in [6.45, 7) is 0.258. The van der Waals surface area contributed by atoms with Crippen LogP contribution in [0.1, 0.15) is 31.2 Å². The third-order valence-electron chi connectivity index (χ3n) is 8.35. The van der Waals surface area contributed by atoms with Crippen LogP contribution in [0.5, 0.6) is 0 Å². The van der Waals surface area contributed by atoms with Crippen molar-refractivity contribution in [2.75, 3.05) is 25.0 Å². The maximum absolute atomic E-state index is 13.6. The summed E-state index contributed by atoms with van der Waals surface area (Å²) in [5.74, 6) is 0.197. The number of hydrogen-bond donors (Lipinski definition) is 6. The number of aliphatic hydroxyl groups excluding tert-OH is 1. The van der Waals surface area contributed by atoms with Gasteiger partial charge in [-0.2, -0.15) is 10.1 Å². The van der Waals surface area contributed by atoms with E-state index in [0.717, 1.165) is 47.9 Å². The van der Waals surface area contributed by atoms with Gasteiger partial charge in [-0.15, -0.1) is 0 Å². The standard InChI is InChI=1S/C33H38ClN7O5S/c34-33-39-30(40-41-33)25-9-13-27(14-10-25)37-32(44)29(38-31(43)26-7-3-22(20-35)4-8-26)19-21-1-5-23(6-2-21)24-11-15-28(16-12-24)47(45,46)36-17-18-42/h1-2,5-6,9-16,22,26,29,36,42H,3-4,7-8,17-20,35H2,(H,37,44)(H,38,43)(H,39,40,41). The fraction of sp³-hybridized carbons (Fsp3) is 0.333. The third-order valence-corrected chi connectivity index (χ3v) is 9.99. The summed E-state index contributed by atoms with van der Waals surface area (Å²) in [5.41, 5.74) is 9.61. The van der Waals surface area contributed by atoms with Crippen LogP contribution in [0.2, 0.25) is 5.28 Å². The van der Waals surface area contributed by atoms with E-state index in [-0.39, 0.29) is 47.5 Å². The van der Waals surface area contributed by atoms with Gasteiger partial charge in [-0.1, -0.05) is 36.4 Å². The number of anilines is 1. The maximum Gasteiger partial charge on any atom is 0.247 e. The Morgan fingerprint density at radius 3 is 2.13 bits per heavy atom. The highest BCUT2D eigenvalue weighted by Crippen LogP contribution is 2.29. The summed E-state index contributed by atoms with van der Waals surface area (Å²) in [6.07, 6.45) is 3.52. The van der Waals surface area contributed by atoms with Crippen LogP contribution in [0, 0.1) is 11.8 Å². The number of halogens is 1. The second-order valence-corrected chi connectivity index (χ2v) is 13.7. The van der Waals surface area contributed by atoms with E-state index < -0.39 is 16.1 Å². The molecule has 0 bridgehead atoms. The van der Waals surface area contributed by atoms with Gasteiger partial charge in [0.15, 0.2) is 5.82 Å². The summed E-state index contributed by atoms with van der Waals surface area (Å²) in [7, 11) is -3.71. The molecule has 3 aromatic carbocycles. The van der Waals surface area contributed by atoms with Gasteiger partial charge in [0.05, 0.1) is 11.5 Å². The quantitative estimate of drug-likeness (QED) is 0.124. The van der Waals surface area contributed by atoms with E-state index in [2.05, 4.69) is 30.5 Å². The van der Waals surface area contributed by atoms with Crippen molar-refractivity contribution in [3.8, 4) is 22.5 Å². The SMILES string of the molecule is NCC1CCC(C(=O)NC(Cc2ccc(-c3ccc(S(=O)(=O)NCCO)cc3)cc2)C(=O)Nc2ccc(-c3n[nH]c(Cl)n3)cc2)CC1. The van der Waals surface area contributed by atoms with E-state index in [4.69, 9.17) is 22.4 Å². The van der Waals surface area contributed by atoms with Gasteiger partial charge in [-0.05, 0) is 103 Å². The van der Waals surface area contributed by atoms with Gasteiger partial charge in [0.2, 0.25) is 27.1 Å². The Morgan fingerprint density at radius 2 is 1.55 bits per heavy atom. The predicted molar refractivity (Wildman–Crippen MR) is 180 cm³/mol. The van der Waals surface area contributed by atoms with E-state index in [9.17, 15) is 18.0 Å². The molecule has 47 heavy (non-hydrogen) atoms. The first kappa shape index (κ1) is 34.2. The van der Waals surface area contributed by atoms with Gasteiger partial charge in [-0.25, -0.2) is 18.2 Å². The summed E-state index contributed by atoms with van der Waals surface area (Å²) in [6, 6.07) is 20.2. The molecule has 248 valence electrons. The van der Waals surface area contributed by atoms with Crippen LogP contribution in [0.25, 0.3) is 22.5 Å². The molecular formula is C33H38ClN7O5S. The average molecular weight is 680 g/mol. The smallest absolute Gasteiger partial charge is 0.247 e. The van der Waals surface area contributed by atoms with Gasteiger partial charge in [-0.3, -0.25) is 9.59 Å². The molecule has 5 rings (SSSR count). The number of carbonyl (C=O) groups excluding carboxylic acids is 2. The number of nitrogens with one attached hydrogen (secondary N) is 4. The zero-order chi connectivity index (χ0) is 33.4. The van der Waals surface area contributed by atoms with Gasteiger partial charge in [0, 0.05) is 30.1 Å². The van der Waals surface area contributed by atoms with Crippen molar-refractivity contribution in [3.63, 3.8) is 0 Å². The summed E-state index contributed by atoms with van der Waals surface area (Å²) >= 11 is 5.84. The molecule has 2 amide bonds. The fourth-order valence-electron chi connectivity index (χ4n) is 5.62. The molecule has 1 aliphatic rings. The molecule has 4 aromatic rings. The van der Waals surface area contributed by atoms with Crippen LogP contribution >= 0.6 is 11.6 Å². The first-order chi connectivity index (χ1) is 22.6. The van der Waals surface area contributed by atoms with Crippen LogP contribution in [-0.2, 0) is 26.0 Å². The van der Waals surface area contributed by atoms with Crippen LogP contribution in [-0.4, -0.2) is 66.3 Å². The molecule has 1 aromatic heterocycles. The maximum atomic E-state index is 13.6. The van der Waals surface area contributed by atoms with E-state index >= 15 is 0 Å². The number of nitrogens with zero attached hydrogens (tertiary/aromatic N) is 2. The van der Waals surface area contributed by atoms with Crippen LogP contribution in [0.4, 0.5) is 5.69 Å². The molecule has 0 spiro atoms. The van der Waals surface area contributed by atoms with Gasteiger partial charge >= 0.3 is 0 Å². The molecule has 1 saturated carbocycles. The fourth-order valence-corrected chi connectivity index (χ4v) is 6.76. The molecule has 14 heteroatoms. The molecule has 7 N–H and O–H groups in total. The van der Waals surface area contributed by atoms with E-state index in [1.165, 1.54) is 12.1 Å². The van der Waals surface area contributed by atoms with Crippen molar-refractivity contribution in [2.45, 2.75) is 43.0 Å². The highest BCUT2D eigenvalue weighted by atomic mass is 35.5. The minimum Gasteiger partial charge on any atom is -0.395 e. The minimum absolute atomic E-state index is 0.0635. The largest absolute Gasteiger partial charge is 0.395 e. The molecule has 0 aliphatic heterocycles. The molecule has 0 saturated heterocycles. The highest BCUT2D eigenvalue weighted by Gasteiger charge is 2.29. The lowest BCUT2D eigenvalue weighted by atomic mass is 9.81. The molecular weight excluding hydrogens is 642 g/mol. The number of aromatic nitrogens is 3. The Bertz CT molecular complexity index is 1760. The van der Waals surface area contributed by atoms with Crippen molar-refractivity contribution in [1.82, 2.24) is 25.2 Å². The molecule has 12 nitrogen and oxygen atoms in total. The zero-order valence-corrected chi connectivity index (χ0v) is 27.2. The molecule has 1 heterocycles. The second kappa shape index (κ2) is 15.6. The van der Waals surface area contributed by atoms with Crippen LogP contribution < -0.4 is 21.1 Å². The summed E-state index contributed by atoms with van der Waals surface area (Å²) < 4.78 is 27.0. The van der Waals surface area contributed by atoms with Gasteiger partial charge in [0.1, 0.15) is 6.04 Å². The Labute approximate surface area is 278 Å². The molecule has 1 aliphatic carbocycles. The molecule has 1 unspecified atom stereocenters.